The van der Waals surface area contributed by atoms with Crippen molar-refractivity contribution < 1.29 is 13.5 Å². The van der Waals surface area contributed by atoms with Crippen molar-refractivity contribution in [1.82, 2.24) is 0 Å². The SMILES string of the molecule is COc1c(C(C)(F)F)cccc1C1(CN)CCCCC1. The third-order valence-corrected chi connectivity index (χ3v) is 4.46. The van der Waals surface area contributed by atoms with E-state index in [4.69, 9.17) is 10.5 Å². The number of rotatable bonds is 4. The zero-order valence-electron chi connectivity index (χ0n) is 12.2. The van der Waals surface area contributed by atoms with Gasteiger partial charge in [0.05, 0.1) is 12.7 Å². The van der Waals surface area contributed by atoms with Crippen LogP contribution in [0.15, 0.2) is 18.2 Å². The van der Waals surface area contributed by atoms with Gasteiger partial charge in [0.1, 0.15) is 5.75 Å². The molecule has 0 amide bonds. The number of ether oxygens (including phenoxy) is 1. The van der Waals surface area contributed by atoms with Crippen molar-refractivity contribution in [2.24, 2.45) is 5.73 Å². The van der Waals surface area contributed by atoms with Crippen molar-refractivity contribution >= 4 is 0 Å². The van der Waals surface area contributed by atoms with Gasteiger partial charge >= 0.3 is 0 Å². The van der Waals surface area contributed by atoms with Crippen LogP contribution in [0.1, 0.15) is 50.2 Å². The van der Waals surface area contributed by atoms with Gasteiger partial charge in [0.2, 0.25) is 0 Å². The van der Waals surface area contributed by atoms with Crippen molar-refractivity contribution in [3.8, 4) is 5.75 Å². The van der Waals surface area contributed by atoms with E-state index in [0.29, 0.717) is 12.3 Å². The van der Waals surface area contributed by atoms with Crippen molar-refractivity contribution in [3.63, 3.8) is 0 Å². The predicted octanol–water partition coefficient (Wildman–Crippen LogP) is 3.97. The molecule has 0 radical (unpaired) electrons. The van der Waals surface area contributed by atoms with Crippen LogP contribution < -0.4 is 10.5 Å². The van der Waals surface area contributed by atoms with E-state index in [2.05, 4.69) is 0 Å². The second-order valence-corrected chi connectivity index (χ2v) is 5.82. The Balaban J connectivity index is 2.55. The molecule has 0 spiro atoms. The van der Waals surface area contributed by atoms with Gasteiger partial charge in [0.15, 0.2) is 0 Å². The van der Waals surface area contributed by atoms with Gasteiger partial charge in [-0.15, -0.1) is 0 Å². The molecular weight excluding hydrogens is 260 g/mol. The van der Waals surface area contributed by atoms with E-state index in [-0.39, 0.29) is 11.0 Å². The van der Waals surface area contributed by atoms with Crippen molar-refractivity contribution in [3.05, 3.63) is 29.3 Å². The van der Waals surface area contributed by atoms with Crippen LogP contribution in [0.3, 0.4) is 0 Å². The van der Waals surface area contributed by atoms with Crippen LogP contribution in [0.5, 0.6) is 5.75 Å². The van der Waals surface area contributed by atoms with Crippen LogP contribution in [0.4, 0.5) is 8.78 Å². The van der Waals surface area contributed by atoms with Crippen LogP contribution in [-0.4, -0.2) is 13.7 Å². The molecule has 112 valence electrons. The zero-order valence-corrected chi connectivity index (χ0v) is 12.2. The van der Waals surface area contributed by atoms with Crippen molar-refractivity contribution in [2.45, 2.75) is 50.4 Å². The van der Waals surface area contributed by atoms with Gasteiger partial charge in [0.25, 0.3) is 5.92 Å². The molecule has 2 nitrogen and oxygen atoms in total. The first-order valence-corrected chi connectivity index (χ1v) is 7.20. The summed E-state index contributed by atoms with van der Waals surface area (Å²) < 4.78 is 32.9. The molecule has 1 saturated carbocycles. The molecular formula is C16H23F2NO. The van der Waals surface area contributed by atoms with Crippen molar-refractivity contribution in [1.29, 1.82) is 0 Å². The summed E-state index contributed by atoms with van der Waals surface area (Å²) in [5.41, 5.74) is 6.60. The average Bonchev–Trinajstić information content (AvgIpc) is 2.46. The zero-order chi connectivity index (χ0) is 14.8. The molecule has 1 aromatic rings. The maximum absolute atomic E-state index is 13.8. The van der Waals surface area contributed by atoms with Gasteiger partial charge in [-0.3, -0.25) is 0 Å². The lowest BCUT2D eigenvalue weighted by Crippen LogP contribution is -2.37. The first-order valence-electron chi connectivity index (χ1n) is 7.20. The lowest BCUT2D eigenvalue weighted by molar-refractivity contribution is 0.0147. The lowest BCUT2D eigenvalue weighted by Gasteiger charge is -2.38. The maximum Gasteiger partial charge on any atom is 0.274 e. The molecule has 2 N–H and O–H groups in total. The topological polar surface area (TPSA) is 35.2 Å². The highest BCUT2D eigenvalue weighted by Gasteiger charge is 2.38. The molecule has 1 aliphatic rings. The summed E-state index contributed by atoms with van der Waals surface area (Å²) in [5.74, 6) is -2.60. The van der Waals surface area contributed by atoms with Gasteiger partial charge in [-0.1, -0.05) is 31.4 Å². The molecule has 20 heavy (non-hydrogen) atoms. The normalized spacial score (nSPS) is 18.9. The number of halogens is 2. The molecule has 0 heterocycles. The smallest absolute Gasteiger partial charge is 0.274 e. The Bertz CT molecular complexity index is 462. The number of alkyl halides is 2. The fourth-order valence-electron chi connectivity index (χ4n) is 3.33. The summed E-state index contributed by atoms with van der Waals surface area (Å²) in [6, 6.07) is 5.03. The quantitative estimate of drug-likeness (QED) is 0.907. The molecule has 2 rings (SSSR count). The fraction of sp³-hybridized carbons (Fsp3) is 0.625. The highest BCUT2D eigenvalue weighted by atomic mass is 19.3. The summed E-state index contributed by atoms with van der Waals surface area (Å²) in [6.07, 6.45) is 5.26. The van der Waals surface area contributed by atoms with Crippen molar-refractivity contribution in [2.75, 3.05) is 13.7 Å². The Morgan fingerprint density at radius 2 is 1.90 bits per heavy atom. The number of nitrogens with two attached hydrogens (primary N) is 1. The van der Waals surface area contributed by atoms with Gasteiger partial charge in [-0.05, 0) is 18.9 Å². The first-order chi connectivity index (χ1) is 9.44. The summed E-state index contributed by atoms with van der Waals surface area (Å²) >= 11 is 0. The van der Waals surface area contributed by atoms with Crippen LogP contribution in [0, 0.1) is 0 Å². The summed E-state index contributed by atoms with van der Waals surface area (Å²) in [4.78, 5) is 0. The number of hydrogen-bond acceptors (Lipinski definition) is 2. The van der Waals surface area contributed by atoms with Gasteiger partial charge in [0, 0.05) is 24.4 Å². The third-order valence-electron chi connectivity index (χ3n) is 4.46. The predicted molar refractivity (Wildman–Crippen MR) is 76.4 cm³/mol. The summed E-state index contributed by atoms with van der Waals surface area (Å²) in [5, 5.41) is 0. The van der Waals surface area contributed by atoms with Gasteiger partial charge < -0.3 is 10.5 Å². The molecule has 0 aromatic heterocycles. The molecule has 0 unspecified atom stereocenters. The van der Waals surface area contributed by atoms with E-state index < -0.39 is 5.92 Å². The molecule has 1 fully saturated rings. The number of para-hydroxylation sites is 1. The van der Waals surface area contributed by atoms with Crippen LogP contribution in [-0.2, 0) is 11.3 Å². The van der Waals surface area contributed by atoms with E-state index in [9.17, 15) is 8.78 Å². The molecule has 0 saturated heterocycles. The Morgan fingerprint density at radius 3 is 2.40 bits per heavy atom. The highest BCUT2D eigenvalue weighted by molar-refractivity contribution is 5.48. The standard InChI is InChI=1S/C16H23F2NO/c1-15(17,18)12-7-6-8-13(14(12)20-2)16(11-19)9-4-3-5-10-16/h6-8H,3-5,9-11,19H2,1-2H3. The van der Waals surface area contributed by atoms with Crippen LogP contribution >= 0.6 is 0 Å². The first kappa shape index (κ1) is 15.2. The number of benzene rings is 1. The second-order valence-electron chi connectivity index (χ2n) is 5.82. The molecule has 4 heteroatoms. The van der Waals surface area contributed by atoms with Crippen LogP contribution in [0.25, 0.3) is 0 Å². The summed E-state index contributed by atoms with van der Waals surface area (Å²) in [7, 11) is 1.46. The maximum atomic E-state index is 13.8. The second kappa shape index (κ2) is 5.68. The Labute approximate surface area is 119 Å². The Kier molecular flexibility index (Phi) is 4.33. The monoisotopic (exact) mass is 283 g/mol. The third kappa shape index (κ3) is 2.66. The minimum Gasteiger partial charge on any atom is -0.496 e. The largest absolute Gasteiger partial charge is 0.496 e. The van der Waals surface area contributed by atoms with E-state index in [1.165, 1.54) is 19.6 Å². The molecule has 0 atom stereocenters. The molecule has 0 aliphatic heterocycles. The number of methoxy groups -OCH3 is 1. The summed E-state index contributed by atoms with van der Waals surface area (Å²) in [6.45, 7) is 1.38. The Morgan fingerprint density at radius 1 is 1.25 bits per heavy atom. The molecule has 1 aromatic carbocycles. The minimum absolute atomic E-state index is 0.0455. The van der Waals surface area contributed by atoms with Crippen LogP contribution in [0.2, 0.25) is 0 Å². The minimum atomic E-state index is -2.91. The van der Waals surface area contributed by atoms with Gasteiger partial charge in [-0.25, -0.2) is 8.78 Å². The van der Waals surface area contributed by atoms with E-state index >= 15 is 0 Å². The molecule has 0 bridgehead atoms. The van der Waals surface area contributed by atoms with E-state index in [1.807, 2.05) is 6.07 Å². The Hall–Kier alpha value is -1.16. The fourth-order valence-corrected chi connectivity index (χ4v) is 3.33. The number of hydrogen-bond donors (Lipinski definition) is 1. The molecule has 1 aliphatic carbocycles. The average molecular weight is 283 g/mol. The lowest BCUT2D eigenvalue weighted by atomic mass is 9.68. The van der Waals surface area contributed by atoms with E-state index in [1.54, 1.807) is 6.07 Å². The van der Waals surface area contributed by atoms with Gasteiger partial charge in [-0.2, -0.15) is 0 Å². The van der Waals surface area contributed by atoms with E-state index in [0.717, 1.165) is 38.2 Å². The highest BCUT2D eigenvalue weighted by Crippen LogP contribution is 2.46.